The van der Waals surface area contributed by atoms with Crippen LogP contribution in [-0.4, -0.2) is 17.5 Å². The topological polar surface area (TPSA) is 63.2 Å². The highest BCUT2D eigenvalue weighted by Crippen LogP contribution is 2.16. The van der Waals surface area contributed by atoms with Crippen molar-refractivity contribution in [2.75, 3.05) is 0 Å². The number of carbonyl (C=O) groups is 3. The molecule has 130 valence electrons. The first-order valence-electron chi connectivity index (χ1n) is 8.39. The molecule has 0 saturated carbocycles. The third-order valence-electron chi connectivity index (χ3n) is 3.96. The number of hydrogen-bond acceptors (Lipinski definition) is 3. The Morgan fingerprint density at radius 1 is 1.29 bits per heavy atom. The summed E-state index contributed by atoms with van der Waals surface area (Å²) < 4.78 is 0. The van der Waals surface area contributed by atoms with Crippen molar-refractivity contribution in [3.63, 3.8) is 0 Å². The molecule has 1 amide bonds. The van der Waals surface area contributed by atoms with Gasteiger partial charge in [-0.15, -0.1) is 0 Å². The third-order valence-corrected chi connectivity index (χ3v) is 3.96. The lowest BCUT2D eigenvalue weighted by Crippen LogP contribution is -2.32. The van der Waals surface area contributed by atoms with Crippen molar-refractivity contribution in [3.05, 3.63) is 47.2 Å². The van der Waals surface area contributed by atoms with Gasteiger partial charge in [0.05, 0.1) is 0 Å². The van der Waals surface area contributed by atoms with E-state index in [4.69, 9.17) is 0 Å². The second kappa shape index (κ2) is 9.16. The van der Waals surface area contributed by atoms with E-state index < -0.39 is 0 Å². The molecule has 1 saturated heterocycles. The molecule has 1 fully saturated rings. The summed E-state index contributed by atoms with van der Waals surface area (Å²) in [5.74, 6) is 0.308. The standard InChI is InChI=1S/C13H16O2.C7H11NO/c1-4-5-13(15)11-7-6-9(2)8-12(11)10(3)14;1-5-3-4-6(2)8-7(5)9/h6-8H,4-5H2,1-3H3;5H,2-4H2,1H3,(H,8,9). The number of nitrogens with one attached hydrogen (secondary N) is 1. The average molecular weight is 329 g/mol. The van der Waals surface area contributed by atoms with Gasteiger partial charge in [0.2, 0.25) is 5.91 Å². The van der Waals surface area contributed by atoms with Crippen molar-refractivity contribution in [1.82, 2.24) is 5.32 Å². The van der Waals surface area contributed by atoms with E-state index in [1.54, 1.807) is 12.1 Å². The molecule has 1 heterocycles. The van der Waals surface area contributed by atoms with Gasteiger partial charge < -0.3 is 5.32 Å². The van der Waals surface area contributed by atoms with Crippen LogP contribution in [0, 0.1) is 12.8 Å². The molecule has 1 unspecified atom stereocenters. The quantitative estimate of drug-likeness (QED) is 0.841. The van der Waals surface area contributed by atoms with E-state index in [9.17, 15) is 14.4 Å². The Balaban J connectivity index is 0.000000272. The van der Waals surface area contributed by atoms with Gasteiger partial charge in [-0.25, -0.2) is 0 Å². The average Bonchev–Trinajstić information content (AvgIpc) is 2.52. The van der Waals surface area contributed by atoms with Gasteiger partial charge in [0.1, 0.15) is 0 Å². The van der Waals surface area contributed by atoms with Gasteiger partial charge in [-0.2, -0.15) is 0 Å². The van der Waals surface area contributed by atoms with Crippen LogP contribution in [0.25, 0.3) is 0 Å². The van der Waals surface area contributed by atoms with Crippen molar-refractivity contribution in [2.45, 2.75) is 53.4 Å². The minimum atomic E-state index is -0.0434. The van der Waals surface area contributed by atoms with Crippen LogP contribution in [0.3, 0.4) is 0 Å². The van der Waals surface area contributed by atoms with E-state index in [-0.39, 0.29) is 23.4 Å². The lowest BCUT2D eigenvalue weighted by molar-refractivity contribution is -0.124. The zero-order valence-electron chi connectivity index (χ0n) is 15.1. The number of piperidine rings is 1. The molecule has 0 aliphatic carbocycles. The van der Waals surface area contributed by atoms with Crippen LogP contribution in [0.1, 0.15) is 72.7 Å². The summed E-state index contributed by atoms with van der Waals surface area (Å²) in [5, 5.41) is 2.70. The van der Waals surface area contributed by atoms with Crippen molar-refractivity contribution in [2.24, 2.45) is 5.92 Å². The Labute approximate surface area is 144 Å². The van der Waals surface area contributed by atoms with Crippen molar-refractivity contribution >= 4 is 17.5 Å². The van der Waals surface area contributed by atoms with Gasteiger partial charge in [-0.1, -0.05) is 38.1 Å². The molecule has 0 aromatic heterocycles. The molecule has 4 nitrogen and oxygen atoms in total. The Morgan fingerprint density at radius 3 is 2.46 bits per heavy atom. The van der Waals surface area contributed by atoms with Gasteiger partial charge in [0.15, 0.2) is 11.6 Å². The maximum Gasteiger partial charge on any atom is 0.226 e. The number of benzene rings is 1. The van der Waals surface area contributed by atoms with Gasteiger partial charge in [-0.05, 0) is 39.2 Å². The number of carbonyl (C=O) groups excluding carboxylic acids is 3. The van der Waals surface area contributed by atoms with E-state index >= 15 is 0 Å². The number of amides is 1. The third kappa shape index (κ3) is 5.76. The molecule has 1 aliphatic rings. The van der Waals surface area contributed by atoms with Crippen LogP contribution in [0.15, 0.2) is 30.5 Å². The molecular weight excluding hydrogens is 302 g/mol. The molecule has 1 aromatic rings. The lowest BCUT2D eigenvalue weighted by Gasteiger charge is -2.19. The fourth-order valence-corrected chi connectivity index (χ4v) is 2.44. The van der Waals surface area contributed by atoms with E-state index in [1.807, 2.05) is 26.8 Å². The number of allylic oxidation sites excluding steroid dienone is 1. The molecule has 4 heteroatoms. The molecule has 1 N–H and O–H groups in total. The summed E-state index contributed by atoms with van der Waals surface area (Å²) in [4.78, 5) is 33.9. The maximum atomic E-state index is 11.7. The summed E-state index contributed by atoms with van der Waals surface area (Å²) in [6.07, 6.45) is 3.20. The largest absolute Gasteiger partial charge is 0.330 e. The van der Waals surface area contributed by atoms with Crippen molar-refractivity contribution in [3.8, 4) is 0 Å². The smallest absolute Gasteiger partial charge is 0.226 e. The van der Waals surface area contributed by atoms with Crippen LogP contribution < -0.4 is 5.32 Å². The number of rotatable bonds is 4. The molecule has 1 atom stereocenters. The zero-order valence-corrected chi connectivity index (χ0v) is 15.1. The number of aryl methyl sites for hydroxylation is 1. The fraction of sp³-hybridized carbons (Fsp3) is 0.450. The molecule has 0 spiro atoms. The number of hydrogen-bond donors (Lipinski definition) is 1. The highest BCUT2D eigenvalue weighted by atomic mass is 16.2. The molecule has 0 bridgehead atoms. The van der Waals surface area contributed by atoms with Crippen LogP contribution in [0.2, 0.25) is 0 Å². The maximum absolute atomic E-state index is 11.7. The highest BCUT2D eigenvalue weighted by molar-refractivity contribution is 6.08. The predicted molar refractivity (Wildman–Crippen MR) is 96.1 cm³/mol. The van der Waals surface area contributed by atoms with E-state index in [1.165, 1.54) is 6.92 Å². The van der Waals surface area contributed by atoms with E-state index in [2.05, 4.69) is 11.9 Å². The van der Waals surface area contributed by atoms with Gasteiger partial charge in [-0.3, -0.25) is 14.4 Å². The van der Waals surface area contributed by atoms with E-state index in [0.717, 1.165) is 30.5 Å². The highest BCUT2D eigenvalue weighted by Gasteiger charge is 2.18. The molecular formula is C20H27NO3. The van der Waals surface area contributed by atoms with E-state index in [0.29, 0.717) is 17.5 Å². The van der Waals surface area contributed by atoms with Gasteiger partial charge >= 0.3 is 0 Å². The van der Waals surface area contributed by atoms with Crippen LogP contribution in [0.4, 0.5) is 0 Å². The van der Waals surface area contributed by atoms with Crippen molar-refractivity contribution < 1.29 is 14.4 Å². The minimum absolute atomic E-state index is 0.0434. The fourth-order valence-electron chi connectivity index (χ4n) is 2.44. The first kappa shape index (κ1) is 19.8. The van der Waals surface area contributed by atoms with Crippen molar-refractivity contribution in [1.29, 1.82) is 0 Å². The van der Waals surface area contributed by atoms with Crippen LogP contribution >= 0.6 is 0 Å². The number of ketones is 2. The van der Waals surface area contributed by atoms with Crippen LogP contribution in [0.5, 0.6) is 0 Å². The number of Topliss-reactive ketones (excluding diaryl/α,β-unsaturated/α-hetero) is 2. The summed E-state index contributed by atoms with van der Waals surface area (Å²) in [5.41, 5.74) is 2.98. The molecule has 1 aromatic carbocycles. The summed E-state index contributed by atoms with van der Waals surface area (Å²) in [7, 11) is 0. The molecule has 0 radical (unpaired) electrons. The Hall–Kier alpha value is -2.23. The zero-order chi connectivity index (χ0) is 18.3. The second-order valence-electron chi connectivity index (χ2n) is 6.31. The van der Waals surface area contributed by atoms with Gasteiger partial charge in [0, 0.05) is 29.2 Å². The summed E-state index contributed by atoms with van der Waals surface area (Å²) in [6, 6.07) is 5.41. The first-order chi connectivity index (χ1) is 11.3. The summed E-state index contributed by atoms with van der Waals surface area (Å²) in [6.45, 7) is 11.0. The molecule has 24 heavy (non-hydrogen) atoms. The second-order valence-corrected chi connectivity index (χ2v) is 6.31. The van der Waals surface area contributed by atoms with Gasteiger partial charge in [0.25, 0.3) is 0 Å². The molecule has 2 rings (SSSR count). The van der Waals surface area contributed by atoms with Crippen LogP contribution in [-0.2, 0) is 4.79 Å². The lowest BCUT2D eigenvalue weighted by atomic mass is 9.96. The first-order valence-corrected chi connectivity index (χ1v) is 8.39. The predicted octanol–water partition coefficient (Wildman–Crippen LogP) is 4.23. The minimum Gasteiger partial charge on any atom is -0.330 e. The Kier molecular flexibility index (Phi) is 7.56. The Morgan fingerprint density at radius 2 is 1.96 bits per heavy atom. The molecule has 1 aliphatic heterocycles. The SMILES string of the molecule is C=C1CCC(C)C(=O)N1.CCCC(=O)c1ccc(C)cc1C(C)=O. The Bertz CT molecular complexity index is 646. The monoisotopic (exact) mass is 329 g/mol. The summed E-state index contributed by atoms with van der Waals surface area (Å²) >= 11 is 0. The normalized spacial score (nSPS) is 16.8.